The number of aryl methyl sites for hydroxylation is 1. The lowest BCUT2D eigenvalue weighted by molar-refractivity contribution is -0.134. The molecule has 1 aromatic heterocycles. The molecule has 2 aliphatic heterocycles. The van der Waals surface area contributed by atoms with Gasteiger partial charge in [0.1, 0.15) is 18.4 Å². The molecule has 0 aliphatic carbocycles. The molecular weight excluding hydrogens is 410 g/mol. The van der Waals surface area contributed by atoms with Crippen molar-refractivity contribution in [3.63, 3.8) is 0 Å². The molecular formula is C22H21N7O3. The Kier molecular flexibility index (Phi) is 4.69. The fourth-order valence-electron chi connectivity index (χ4n) is 4.29. The van der Waals surface area contributed by atoms with Crippen LogP contribution in [0.25, 0.3) is 5.69 Å². The molecule has 2 aromatic carbocycles. The van der Waals surface area contributed by atoms with Gasteiger partial charge < -0.3 is 10.2 Å². The Morgan fingerprint density at radius 1 is 1.16 bits per heavy atom. The van der Waals surface area contributed by atoms with Gasteiger partial charge in [-0.1, -0.05) is 30.3 Å². The zero-order chi connectivity index (χ0) is 22.3. The highest BCUT2D eigenvalue weighted by molar-refractivity contribution is 6.10. The van der Waals surface area contributed by atoms with Gasteiger partial charge in [0.2, 0.25) is 5.91 Å². The molecule has 1 saturated heterocycles. The number of anilines is 1. The third-order valence-corrected chi connectivity index (χ3v) is 6.02. The molecule has 0 saturated carbocycles. The number of nitrogens with zero attached hydrogens (tertiary/aromatic N) is 6. The maximum absolute atomic E-state index is 13.3. The second-order valence-corrected chi connectivity index (χ2v) is 8.03. The van der Waals surface area contributed by atoms with Gasteiger partial charge in [-0.25, -0.2) is 9.48 Å². The van der Waals surface area contributed by atoms with Gasteiger partial charge in [-0.2, -0.15) is 0 Å². The van der Waals surface area contributed by atoms with E-state index < -0.39 is 17.5 Å². The van der Waals surface area contributed by atoms with E-state index in [0.29, 0.717) is 17.8 Å². The number of para-hydroxylation sites is 1. The summed E-state index contributed by atoms with van der Waals surface area (Å²) in [5.74, 6) is -0.762. The molecule has 2 aliphatic rings. The van der Waals surface area contributed by atoms with E-state index in [1.54, 1.807) is 36.1 Å². The summed E-state index contributed by atoms with van der Waals surface area (Å²) in [5, 5.41) is 13.9. The van der Waals surface area contributed by atoms with Crippen LogP contribution in [0.4, 0.5) is 10.5 Å². The highest BCUT2D eigenvalue weighted by Gasteiger charge is 2.50. The summed E-state index contributed by atoms with van der Waals surface area (Å²) in [6, 6.07) is 14.2. The summed E-state index contributed by atoms with van der Waals surface area (Å²) < 4.78 is 1.46. The van der Waals surface area contributed by atoms with Crippen molar-refractivity contribution in [1.82, 2.24) is 30.4 Å². The van der Waals surface area contributed by atoms with E-state index in [4.69, 9.17) is 0 Å². The predicted molar refractivity (Wildman–Crippen MR) is 114 cm³/mol. The van der Waals surface area contributed by atoms with Crippen molar-refractivity contribution in [2.75, 3.05) is 18.0 Å². The standard InChI is InChI=1S/C22H21N7O3/c1-22(16-8-4-9-17(12-16)29-14-23-25-26-29)20(31)28(21(32)24-22)13-19(30)27-11-5-7-15-6-2-3-10-18(15)27/h2-4,6,8-10,12,14H,5,7,11,13H2,1H3,(H,24,32)/t22-/m0/s1. The third kappa shape index (κ3) is 3.20. The van der Waals surface area contributed by atoms with E-state index >= 15 is 0 Å². The molecule has 162 valence electrons. The second-order valence-electron chi connectivity index (χ2n) is 8.03. The van der Waals surface area contributed by atoms with E-state index in [0.717, 1.165) is 29.0 Å². The average Bonchev–Trinajstić information content (AvgIpc) is 3.43. The van der Waals surface area contributed by atoms with E-state index in [1.807, 2.05) is 24.3 Å². The molecule has 5 rings (SSSR count). The number of imide groups is 1. The van der Waals surface area contributed by atoms with Crippen LogP contribution in [0.15, 0.2) is 54.9 Å². The molecule has 0 radical (unpaired) electrons. The van der Waals surface area contributed by atoms with Crippen molar-refractivity contribution >= 4 is 23.5 Å². The Morgan fingerprint density at radius 3 is 2.81 bits per heavy atom. The van der Waals surface area contributed by atoms with Crippen LogP contribution < -0.4 is 10.2 Å². The maximum Gasteiger partial charge on any atom is 0.325 e. The number of benzene rings is 2. The maximum atomic E-state index is 13.3. The van der Waals surface area contributed by atoms with Crippen LogP contribution in [0.1, 0.15) is 24.5 Å². The van der Waals surface area contributed by atoms with Crippen molar-refractivity contribution in [3.05, 3.63) is 66.0 Å². The average molecular weight is 431 g/mol. The van der Waals surface area contributed by atoms with Crippen molar-refractivity contribution in [2.45, 2.75) is 25.3 Å². The fourth-order valence-corrected chi connectivity index (χ4v) is 4.29. The number of nitrogens with one attached hydrogen (secondary N) is 1. The van der Waals surface area contributed by atoms with Crippen molar-refractivity contribution in [3.8, 4) is 5.69 Å². The smallest absolute Gasteiger partial charge is 0.319 e. The van der Waals surface area contributed by atoms with Crippen LogP contribution >= 0.6 is 0 Å². The Morgan fingerprint density at radius 2 is 2.00 bits per heavy atom. The first-order valence-corrected chi connectivity index (χ1v) is 10.3. The van der Waals surface area contributed by atoms with Crippen LogP contribution in [0.3, 0.4) is 0 Å². The Bertz CT molecular complexity index is 1210. The zero-order valence-electron chi connectivity index (χ0n) is 17.4. The monoisotopic (exact) mass is 431 g/mol. The number of carbonyl (C=O) groups is 3. The lowest BCUT2D eigenvalue weighted by Gasteiger charge is -2.30. The minimum absolute atomic E-state index is 0.285. The molecule has 10 nitrogen and oxygen atoms in total. The van der Waals surface area contributed by atoms with Crippen molar-refractivity contribution < 1.29 is 14.4 Å². The van der Waals surface area contributed by atoms with E-state index in [9.17, 15) is 14.4 Å². The summed E-state index contributed by atoms with van der Waals surface area (Å²) in [6.45, 7) is 1.87. The molecule has 3 aromatic rings. The Hall–Kier alpha value is -4.08. The summed E-state index contributed by atoms with van der Waals surface area (Å²) in [7, 11) is 0. The van der Waals surface area contributed by atoms with Crippen molar-refractivity contribution in [2.24, 2.45) is 0 Å². The highest BCUT2D eigenvalue weighted by atomic mass is 16.2. The summed E-state index contributed by atoms with van der Waals surface area (Å²) in [5.41, 5.74) is 1.85. The molecule has 3 heterocycles. The first-order valence-electron chi connectivity index (χ1n) is 10.3. The normalized spacial score (nSPS) is 20.3. The molecule has 4 amide bonds. The number of aromatic nitrogens is 4. The van der Waals surface area contributed by atoms with E-state index in [-0.39, 0.29) is 12.5 Å². The second kappa shape index (κ2) is 7.56. The molecule has 1 N–H and O–H groups in total. The molecule has 0 spiro atoms. The number of amides is 4. The number of fused-ring (bicyclic) bond motifs is 1. The molecule has 0 bridgehead atoms. The van der Waals surface area contributed by atoms with Gasteiger partial charge in [0.25, 0.3) is 5.91 Å². The number of urea groups is 1. The minimum atomic E-state index is -1.30. The van der Waals surface area contributed by atoms with Crippen LogP contribution in [-0.2, 0) is 21.5 Å². The summed E-state index contributed by atoms with van der Waals surface area (Å²) in [4.78, 5) is 41.8. The molecule has 1 atom stereocenters. The van der Waals surface area contributed by atoms with E-state index in [2.05, 4.69) is 20.8 Å². The Balaban J connectivity index is 1.39. The fraction of sp³-hybridized carbons (Fsp3) is 0.273. The van der Waals surface area contributed by atoms with Crippen LogP contribution in [0, 0.1) is 0 Å². The minimum Gasteiger partial charge on any atom is -0.319 e. The SMILES string of the molecule is C[C@@]1(c2cccc(-n3cnnn3)c2)NC(=O)N(CC(=O)N2CCCc3ccccc32)C1=O. The zero-order valence-corrected chi connectivity index (χ0v) is 17.4. The number of hydrogen-bond acceptors (Lipinski definition) is 6. The lowest BCUT2D eigenvalue weighted by Crippen LogP contribution is -2.46. The number of hydrogen-bond donors (Lipinski definition) is 1. The molecule has 32 heavy (non-hydrogen) atoms. The van der Waals surface area contributed by atoms with Gasteiger partial charge >= 0.3 is 6.03 Å². The first-order chi connectivity index (χ1) is 15.5. The molecule has 1 fully saturated rings. The van der Waals surface area contributed by atoms with Crippen LogP contribution in [-0.4, -0.2) is 56.0 Å². The highest BCUT2D eigenvalue weighted by Crippen LogP contribution is 2.31. The largest absolute Gasteiger partial charge is 0.325 e. The van der Waals surface area contributed by atoms with Gasteiger partial charge in [0.15, 0.2) is 0 Å². The predicted octanol–water partition coefficient (Wildman–Crippen LogP) is 1.41. The molecule has 0 unspecified atom stereocenters. The van der Waals surface area contributed by atoms with Gasteiger partial charge in [-0.3, -0.25) is 14.5 Å². The quantitative estimate of drug-likeness (QED) is 0.625. The third-order valence-electron chi connectivity index (χ3n) is 6.02. The van der Waals surface area contributed by atoms with Gasteiger partial charge in [0.05, 0.1) is 5.69 Å². The molecule has 10 heteroatoms. The topological polar surface area (TPSA) is 113 Å². The summed E-state index contributed by atoms with van der Waals surface area (Å²) >= 11 is 0. The first kappa shape index (κ1) is 19.9. The Labute approximate surface area is 183 Å². The van der Waals surface area contributed by atoms with Gasteiger partial charge in [0, 0.05) is 12.2 Å². The van der Waals surface area contributed by atoms with Crippen LogP contribution in [0.2, 0.25) is 0 Å². The number of carbonyl (C=O) groups excluding carboxylic acids is 3. The van der Waals surface area contributed by atoms with E-state index in [1.165, 1.54) is 11.0 Å². The van der Waals surface area contributed by atoms with Crippen LogP contribution in [0.5, 0.6) is 0 Å². The van der Waals surface area contributed by atoms with Crippen molar-refractivity contribution in [1.29, 1.82) is 0 Å². The summed E-state index contributed by atoms with van der Waals surface area (Å²) in [6.07, 6.45) is 3.18. The lowest BCUT2D eigenvalue weighted by atomic mass is 9.91. The number of rotatable bonds is 4. The number of tetrazole rings is 1. The van der Waals surface area contributed by atoms with Gasteiger partial charge in [-0.15, -0.1) is 5.10 Å². The van der Waals surface area contributed by atoms with Gasteiger partial charge in [-0.05, 0) is 59.5 Å².